The van der Waals surface area contributed by atoms with Crippen molar-refractivity contribution in [3.05, 3.63) is 47.5 Å². The quantitative estimate of drug-likeness (QED) is 0.885. The monoisotopic (exact) mass is 287 g/mol. The van der Waals surface area contributed by atoms with E-state index in [1.165, 1.54) is 0 Å². The maximum atomic E-state index is 6.00. The predicted molar refractivity (Wildman–Crippen MR) is 85.6 cm³/mol. The molecule has 0 aliphatic carbocycles. The molecule has 1 aromatic carbocycles. The van der Waals surface area contributed by atoms with Crippen LogP contribution in [0.1, 0.15) is 56.6 Å². The van der Waals surface area contributed by atoms with Gasteiger partial charge in [-0.15, -0.1) is 0 Å². The van der Waals surface area contributed by atoms with E-state index in [1.807, 2.05) is 38.4 Å². The van der Waals surface area contributed by atoms with Gasteiger partial charge in [0, 0.05) is 29.9 Å². The SMILES string of the molecule is CCOc1ccc(C(C)N)cc1Cn1ccnc1C(C)C. The third-order valence-corrected chi connectivity index (χ3v) is 3.51. The average Bonchev–Trinajstić information content (AvgIpc) is 2.89. The van der Waals surface area contributed by atoms with Crippen molar-refractivity contribution in [2.45, 2.75) is 46.2 Å². The first-order chi connectivity index (χ1) is 10.0. The van der Waals surface area contributed by atoms with E-state index >= 15 is 0 Å². The first-order valence-electron chi connectivity index (χ1n) is 7.55. The zero-order valence-electron chi connectivity index (χ0n) is 13.3. The number of rotatable bonds is 6. The molecular formula is C17H25N3O. The topological polar surface area (TPSA) is 53.1 Å². The van der Waals surface area contributed by atoms with Crippen molar-refractivity contribution in [1.82, 2.24) is 9.55 Å². The van der Waals surface area contributed by atoms with Gasteiger partial charge in [0.2, 0.25) is 0 Å². The van der Waals surface area contributed by atoms with Crippen LogP contribution in [0.25, 0.3) is 0 Å². The molecule has 2 N–H and O–H groups in total. The second-order valence-electron chi connectivity index (χ2n) is 5.66. The van der Waals surface area contributed by atoms with E-state index in [0.29, 0.717) is 12.5 Å². The number of aromatic nitrogens is 2. The Labute approximate surface area is 127 Å². The standard InChI is InChI=1S/C17H25N3O/c1-5-21-16-7-6-14(13(4)18)10-15(16)11-20-9-8-19-17(20)12(2)3/h6-10,12-13H,5,11,18H2,1-4H3. The molecule has 0 radical (unpaired) electrons. The number of imidazole rings is 1. The first-order valence-corrected chi connectivity index (χ1v) is 7.55. The molecule has 0 saturated carbocycles. The van der Waals surface area contributed by atoms with Gasteiger partial charge in [-0.05, 0) is 31.5 Å². The zero-order chi connectivity index (χ0) is 15.4. The van der Waals surface area contributed by atoms with Crippen LogP contribution in [-0.4, -0.2) is 16.2 Å². The fourth-order valence-corrected chi connectivity index (χ4v) is 2.44. The van der Waals surface area contributed by atoms with Crippen molar-refractivity contribution >= 4 is 0 Å². The lowest BCUT2D eigenvalue weighted by molar-refractivity contribution is 0.335. The van der Waals surface area contributed by atoms with Crippen LogP contribution in [0.15, 0.2) is 30.6 Å². The van der Waals surface area contributed by atoms with Crippen LogP contribution in [0.5, 0.6) is 5.75 Å². The molecule has 21 heavy (non-hydrogen) atoms. The second-order valence-corrected chi connectivity index (χ2v) is 5.66. The summed E-state index contributed by atoms with van der Waals surface area (Å²) in [6, 6.07) is 6.21. The molecule has 1 unspecified atom stereocenters. The number of ether oxygens (including phenoxy) is 1. The molecule has 0 saturated heterocycles. The minimum Gasteiger partial charge on any atom is -0.494 e. The lowest BCUT2D eigenvalue weighted by atomic mass is 10.0. The molecule has 114 valence electrons. The summed E-state index contributed by atoms with van der Waals surface area (Å²) in [6.07, 6.45) is 3.87. The van der Waals surface area contributed by atoms with Gasteiger partial charge < -0.3 is 15.0 Å². The third-order valence-electron chi connectivity index (χ3n) is 3.51. The highest BCUT2D eigenvalue weighted by Crippen LogP contribution is 2.25. The zero-order valence-corrected chi connectivity index (χ0v) is 13.3. The number of hydrogen-bond acceptors (Lipinski definition) is 3. The number of benzene rings is 1. The molecule has 0 aliphatic heterocycles. The fourth-order valence-electron chi connectivity index (χ4n) is 2.44. The van der Waals surface area contributed by atoms with Crippen LogP contribution in [0, 0.1) is 0 Å². The molecule has 1 aromatic heterocycles. The van der Waals surface area contributed by atoms with Crippen molar-refractivity contribution in [1.29, 1.82) is 0 Å². The van der Waals surface area contributed by atoms with Crippen LogP contribution < -0.4 is 10.5 Å². The summed E-state index contributed by atoms with van der Waals surface area (Å²) >= 11 is 0. The first kappa shape index (κ1) is 15.6. The van der Waals surface area contributed by atoms with Gasteiger partial charge in [0.25, 0.3) is 0 Å². The van der Waals surface area contributed by atoms with Crippen molar-refractivity contribution in [3.8, 4) is 5.75 Å². The maximum absolute atomic E-state index is 6.00. The summed E-state index contributed by atoms with van der Waals surface area (Å²) in [5.74, 6) is 2.40. The van der Waals surface area contributed by atoms with Gasteiger partial charge in [-0.25, -0.2) is 4.98 Å². The Morgan fingerprint density at radius 2 is 2.05 bits per heavy atom. The molecule has 1 atom stereocenters. The van der Waals surface area contributed by atoms with E-state index < -0.39 is 0 Å². The highest BCUT2D eigenvalue weighted by Gasteiger charge is 2.12. The fraction of sp³-hybridized carbons (Fsp3) is 0.471. The van der Waals surface area contributed by atoms with E-state index in [9.17, 15) is 0 Å². The van der Waals surface area contributed by atoms with Crippen LogP contribution >= 0.6 is 0 Å². The number of nitrogens with two attached hydrogens (primary N) is 1. The molecule has 4 heteroatoms. The molecule has 0 spiro atoms. The van der Waals surface area contributed by atoms with Gasteiger partial charge in [0.1, 0.15) is 11.6 Å². The Kier molecular flexibility index (Phi) is 5.02. The predicted octanol–water partition coefficient (Wildman–Crippen LogP) is 3.47. The van der Waals surface area contributed by atoms with Gasteiger partial charge in [0.05, 0.1) is 13.2 Å². The van der Waals surface area contributed by atoms with Crippen LogP contribution in [-0.2, 0) is 6.54 Å². The molecule has 2 rings (SSSR count). The highest BCUT2D eigenvalue weighted by atomic mass is 16.5. The van der Waals surface area contributed by atoms with Gasteiger partial charge >= 0.3 is 0 Å². The largest absolute Gasteiger partial charge is 0.494 e. The van der Waals surface area contributed by atoms with Gasteiger partial charge in [-0.3, -0.25) is 0 Å². The summed E-state index contributed by atoms with van der Waals surface area (Å²) in [4.78, 5) is 4.44. The second kappa shape index (κ2) is 6.76. The van der Waals surface area contributed by atoms with E-state index in [0.717, 1.165) is 29.2 Å². The van der Waals surface area contributed by atoms with Gasteiger partial charge in [0.15, 0.2) is 0 Å². The molecule has 0 fully saturated rings. The average molecular weight is 287 g/mol. The number of nitrogens with zero attached hydrogens (tertiary/aromatic N) is 2. The van der Waals surface area contributed by atoms with E-state index in [-0.39, 0.29) is 6.04 Å². The Morgan fingerprint density at radius 1 is 1.29 bits per heavy atom. The van der Waals surface area contributed by atoms with Gasteiger partial charge in [-0.1, -0.05) is 19.9 Å². The minimum absolute atomic E-state index is 0.0202. The Bertz CT molecular complexity index is 587. The van der Waals surface area contributed by atoms with Crippen molar-refractivity contribution in [2.75, 3.05) is 6.61 Å². The number of hydrogen-bond donors (Lipinski definition) is 1. The van der Waals surface area contributed by atoms with E-state index in [4.69, 9.17) is 10.5 Å². The van der Waals surface area contributed by atoms with Gasteiger partial charge in [-0.2, -0.15) is 0 Å². The minimum atomic E-state index is 0.0202. The molecule has 0 amide bonds. The van der Waals surface area contributed by atoms with Crippen LogP contribution in [0.4, 0.5) is 0 Å². The Hall–Kier alpha value is -1.81. The molecule has 0 bridgehead atoms. The smallest absolute Gasteiger partial charge is 0.124 e. The molecule has 0 aliphatic rings. The summed E-state index contributed by atoms with van der Waals surface area (Å²) in [5.41, 5.74) is 8.27. The van der Waals surface area contributed by atoms with Crippen molar-refractivity contribution < 1.29 is 4.74 Å². The summed E-state index contributed by atoms with van der Waals surface area (Å²) in [6.45, 7) is 9.71. The lowest BCUT2D eigenvalue weighted by Gasteiger charge is -2.16. The molecule has 2 aromatic rings. The summed E-state index contributed by atoms with van der Waals surface area (Å²) in [7, 11) is 0. The van der Waals surface area contributed by atoms with Crippen LogP contribution in [0.3, 0.4) is 0 Å². The van der Waals surface area contributed by atoms with E-state index in [1.54, 1.807) is 0 Å². The summed E-state index contributed by atoms with van der Waals surface area (Å²) < 4.78 is 7.92. The van der Waals surface area contributed by atoms with Crippen LogP contribution in [0.2, 0.25) is 0 Å². The van der Waals surface area contributed by atoms with Crippen molar-refractivity contribution in [2.24, 2.45) is 5.73 Å². The van der Waals surface area contributed by atoms with E-state index in [2.05, 4.69) is 29.5 Å². The highest BCUT2D eigenvalue weighted by molar-refractivity contribution is 5.38. The molecule has 1 heterocycles. The normalized spacial score (nSPS) is 12.7. The third kappa shape index (κ3) is 3.64. The Morgan fingerprint density at radius 3 is 2.67 bits per heavy atom. The molecule has 4 nitrogen and oxygen atoms in total. The molecular weight excluding hydrogens is 262 g/mol. The summed E-state index contributed by atoms with van der Waals surface area (Å²) in [5, 5.41) is 0. The lowest BCUT2D eigenvalue weighted by Crippen LogP contribution is -2.10. The maximum Gasteiger partial charge on any atom is 0.124 e. The Balaban J connectivity index is 2.36. The van der Waals surface area contributed by atoms with Crippen molar-refractivity contribution in [3.63, 3.8) is 0 Å².